The summed E-state index contributed by atoms with van der Waals surface area (Å²) in [5.74, 6) is -1.80. The van der Waals surface area contributed by atoms with Crippen LogP contribution in [0.25, 0.3) is 16.6 Å². The molecule has 0 aliphatic carbocycles. The lowest BCUT2D eigenvalue weighted by atomic mass is 10.2. The Morgan fingerprint density at radius 3 is 2.73 bits per heavy atom. The van der Waals surface area contributed by atoms with Crippen LogP contribution in [0.1, 0.15) is 17.3 Å². The molecule has 1 N–H and O–H groups in total. The second-order valence-corrected chi connectivity index (χ2v) is 4.62. The zero-order chi connectivity index (χ0) is 15.9. The molecule has 22 heavy (non-hydrogen) atoms. The molecule has 3 aromatic rings. The molecule has 3 rings (SSSR count). The third kappa shape index (κ3) is 2.16. The predicted octanol–water partition coefficient (Wildman–Crippen LogP) is -0.435. The molecule has 0 saturated heterocycles. The van der Waals surface area contributed by atoms with Crippen molar-refractivity contribution in [1.82, 2.24) is 14.4 Å². The highest BCUT2D eigenvalue weighted by Gasteiger charge is 2.09. The van der Waals surface area contributed by atoms with Gasteiger partial charge in [0.2, 0.25) is 5.91 Å². The largest absolute Gasteiger partial charge is 0.545 e. The fraction of sp³-hybridized carbons (Fsp3) is 0.0714. The zero-order valence-corrected chi connectivity index (χ0v) is 11.4. The van der Waals surface area contributed by atoms with Gasteiger partial charge < -0.3 is 15.2 Å². The number of carbonyl (C=O) groups excluding carboxylic acids is 2. The quantitative estimate of drug-likeness (QED) is 0.641. The van der Waals surface area contributed by atoms with Gasteiger partial charge in [-0.05, 0) is 18.2 Å². The number of hydrogen-bond donors (Lipinski definition) is 1. The normalized spacial score (nSPS) is 10.8. The van der Waals surface area contributed by atoms with E-state index in [4.69, 9.17) is 0 Å². The molecule has 8 nitrogen and oxygen atoms in total. The van der Waals surface area contributed by atoms with Gasteiger partial charge in [0.25, 0.3) is 5.56 Å². The SMILES string of the molecule is CC(=O)Nc1ccc2c(c1)ncn1c(=O)c(C(=O)[O-])cnc21. The lowest BCUT2D eigenvalue weighted by Crippen LogP contribution is -2.32. The Morgan fingerprint density at radius 1 is 1.27 bits per heavy atom. The van der Waals surface area contributed by atoms with Gasteiger partial charge >= 0.3 is 0 Å². The third-order valence-corrected chi connectivity index (χ3v) is 3.08. The predicted molar refractivity (Wildman–Crippen MR) is 75.4 cm³/mol. The van der Waals surface area contributed by atoms with Crippen LogP contribution >= 0.6 is 0 Å². The highest BCUT2D eigenvalue weighted by molar-refractivity contribution is 5.96. The maximum atomic E-state index is 12.0. The zero-order valence-electron chi connectivity index (χ0n) is 11.4. The van der Waals surface area contributed by atoms with E-state index in [1.54, 1.807) is 18.2 Å². The van der Waals surface area contributed by atoms with E-state index in [1.165, 1.54) is 13.3 Å². The average molecular weight is 297 g/mol. The van der Waals surface area contributed by atoms with Crippen molar-refractivity contribution in [3.8, 4) is 0 Å². The van der Waals surface area contributed by atoms with Crippen LogP contribution in [0.2, 0.25) is 0 Å². The molecule has 2 heterocycles. The van der Waals surface area contributed by atoms with Gasteiger partial charge in [-0.1, -0.05) is 0 Å². The van der Waals surface area contributed by atoms with Crippen LogP contribution in [-0.2, 0) is 4.79 Å². The lowest BCUT2D eigenvalue weighted by molar-refractivity contribution is -0.255. The van der Waals surface area contributed by atoms with Crippen LogP contribution in [0.5, 0.6) is 0 Å². The van der Waals surface area contributed by atoms with Gasteiger partial charge in [-0.25, -0.2) is 14.4 Å². The van der Waals surface area contributed by atoms with Gasteiger partial charge in [0, 0.05) is 24.2 Å². The second-order valence-electron chi connectivity index (χ2n) is 4.62. The molecular formula is C14H9N4O4-. The molecule has 2 aromatic heterocycles. The van der Waals surface area contributed by atoms with E-state index in [1.807, 2.05) is 0 Å². The summed E-state index contributed by atoms with van der Waals surface area (Å²) < 4.78 is 1.05. The summed E-state index contributed by atoms with van der Waals surface area (Å²) in [6.45, 7) is 1.39. The first-order chi connectivity index (χ1) is 10.5. The fourth-order valence-electron chi connectivity index (χ4n) is 2.14. The minimum absolute atomic E-state index is 0.215. The maximum absolute atomic E-state index is 12.0. The molecule has 1 amide bonds. The fourth-order valence-corrected chi connectivity index (χ4v) is 2.14. The van der Waals surface area contributed by atoms with Crippen molar-refractivity contribution in [1.29, 1.82) is 0 Å². The van der Waals surface area contributed by atoms with Crippen molar-refractivity contribution < 1.29 is 14.7 Å². The molecule has 0 aliphatic rings. The Morgan fingerprint density at radius 2 is 2.05 bits per heavy atom. The minimum Gasteiger partial charge on any atom is -0.545 e. The number of carboxylic acid groups (broad SMARTS) is 1. The Kier molecular flexibility index (Phi) is 3.06. The number of anilines is 1. The number of fused-ring (bicyclic) bond motifs is 3. The number of carbonyl (C=O) groups is 2. The Labute approximate surface area is 123 Å². The number of amides is 1. The summed E-state index contributed by atoms with van der Waals surface area (Å²) in [6.07, 6.45) is 2.16. The lowest BCUT2D eigenvalue weighted by Gasteiger charge is -2.08. The number of benzene rings is 1. The summed E-state index contributed by atoms with van der Waals surface area (Å²) >= 11 is 0. The highest BCUT2D eigenvalue weighted by Crippen LogP contribution is 2.19. The van der Waals surface area contributed by atoms with Crippen molar-refractivity contribution in [2.45, 2.75) is 6.92 Å². The van der Waals surface area contributed by atoms with Crippen LogP contribution < -0.4 is 16.0 Å². The molecule has 1 aromatic carbocycles. The van der Waals surface area contributed by atoms with Crippen LogP contribution in [0.4, 0.5) is 5.69 Å². The molecule has 8 heteroatoms. The summed E-state index contributed by atoms with van der Waals surface area (Å²) in [4.78, 5) is 42.0. The van der Waals surface area contributed by atoms with Crippen LogP contribution in [-0.4, -0.2) is 26.2 Å². The van der Waals surface area contributed by atoms with Crippen molar-refractivity contribution in [2.24, 2.45) is 0 Å². The van der Waals surface area contributed by atoms with Gasteiger partial charge in [0.05, 0.1) is 17.0 Å². The Hall–Kier alpha value is -3.29. The van der Waals surface area contributed by atoms with Crippen LogP contribution in [0.3, 0.4) is 0 Å². The summed E-state index contributed by atoms with van der Waals surface area (Å²) in [7, 11) is 0. The van der Waals surface area contributed by atoms with Gasteiger partial charge in [-0.3, -0.25) is 9.59 Å². The summed E-state index contributed by atoms with van der Waals surface area (Å²) in [5, 5.41) is 14.0. The summed E-state index contributed by atoms with van der Waals surface area (Å²) in [5.41, 5.74) is 0.0538. The Bertz CT molecular complexity index is 993. The first kappa shape index (κ1) is 13.7. The van der Waals surface area contributed by atoms with E-state index in [-0.39, 0.29) is 11.6 Å². The third-order valence-electron chi connectivity index (χ3n) is 3.08. The number of nitrogens with one attached hydrogen (secondary N) is 1. The number of carboxylic acids is 1. The minimum atomic E-state index is -1.59. The first-order valence-electron chi connectivity index (χ1n) is 6.26. The number of aromatic nitrogens is 3. The number of hydrogen-bond acceptors (Lipinski definition) is 6. The molecule has 0 unspecified atom stereocenters. The maximum Gasteiger partial charge on any atom is 0.268 e. The molecule has 0 fully saturated rings. The monoisotopic (exact) mass is 297 g/mol. The van der Waals surface area contributed by atoms with E-state index < -0.39 is 17.1 Å². The van der Waals surface area contributed by atoms with Gasteiger partial charge in [0.1, 0.15) is 12.0 Å². The molecule has 0 atom stereocenters. The molecule has 0 bridgehead atoms. The highest BCUT2D eigenvalue weighted by atomic mass is 16.4. The molecule has 110 valence electrons. The van der Waals surface area contributed by atoms with Crippen LogP contribution in [0, 0.1) is 0 Å². The molecule has 0 radical (unpaired) electrons. The number of nitrogens with zero attached hydrogens (tertiary/aromatic N) is 3. The number of rotatable bonds is 2. The van der Waals surface area contributed by atoms with Gasteiger partial charge in [-0.15, -0.1) is 0 Å². The summed E-state index contributed by atoms with van der Waals surface area (Å²) in [6, 6.07) is 4.92. The average Bonchev–Trinajstić information content (AvgIpc) is 2.46. The molecule has 0 saturated carbocycles. The topological polar surface area (TPSA) is 116 Å². The van der Waals surface area contributed by atoms with E-state index in [0.29, 0.717) is 16.6 Å². The van der Waals surface area contributed by atoms with Crippen molar-refractivity contribution in [2.75, 3.05) is 5.32 Å². The smallest absolute Gasteiger partial charge is 0.268 e. The molecule has 0 aliphatic heterocycles. The van der Waals surface area contributed by atoms with E-state index >= 15 is 0 Å². The van der Waals surface area contributed by atoms with Crippen LogP contribution in [0.15, 0.2) is 35.5 Å². The van der Waals surface area contributed by atoms with E-state index in [0.717, 1.165) is 10.6 Å². The van der Waals surface area contributed by atoms with E-state index in [2.05, 4.69) is 15.3 Å². The van der Waals surface area contributed by atoms with Gasteiger partial charge in [-0.2, -0.15) is 0 Å². The first-order valence-corrected chi connectivity index (χ1v) is 6.26. The van der Waals surface area contributed by atoms with Crippen molar-refractivity contribution in [3.63, 3.8) is 0 Å². The molecule has 0 spiro atoms. The number of aromatic carboxylic acids is 1. The van der Waals surface area contributed by atoms with Gasteiger partial charge in [0.15, 0.2) is 0 Å². The van der Waals surface area contributed by atoms with Crippen molar-refractivity contribution >= 4 is 34.1 Å². The molecular weight excluding hydrogens is 288 g/mol. The van der Waals surface area contributed by atoms with Crippen molar-refractivity contribution in [3.05, 3.63) is 46.6 Å². The Balaban J connectivity index is 2.28. The second kappa shape index (κ2) is 4.92. The van der Waals surface area contributed by atoms with E-state index in [9.17, 15) is 19.5 Å². The standard InChI is InChI=1S/C14H10N4O4/c1-7(19)17-8-2-3-9-11(4-8)16-6-18-12(9)15-5-10(13(18)20)14(21)22/h2-6H,1H3,(H,17,19)(H,21,22)/p-1.